The molecular formula is C88H151NO8P+. The summed E-state index contributed by atoms with van der Waals surface area (Å²) in [5.41, 5.74) is 0. The molecular weight excluding hydrogens is 1230 g/mol. The molecule has 0 rings (SSSR count). The quantitative estimate of drug-likeness (QED) is 0.0211. The SMILES string of the molecule is CC/C=C\C/C=C\C/C=C\C/C=C\C/C=C\C/C=C\C/C=C\CCCCCCCCCCCCCCCCCC(=O)OC(COC(=O)CCCCCCCCCCCCCCCCCCCC/C=C\C/C=C\C/C=C\C/C=C\C/C=C\C/C=C\CC)COP(=O)(O)OCC[N+](C)(C)C. The zero-order valence-corrected chi connectivity index (χ0v) is 64.9. The van der Waals surface area contributed by atoms with Crippen molar-refractivity contribution in [2.45, 2.75) is 341 Å². The third-order valence-corrected chi connectivity index (χ3v) is 18.0. The van der Waals surface area contributed by atoms with Gasteiger partial charge in [-0.25, -0.2) is 4.57 Å². The standard InChI is InChI=1S/C88H150NO8P/c1-6-8-10-12-14-16-18-20-22-24-26-28-30-32-34-36-38-40-42-44-46-48-50-52-54-56-58-60-62-64-66-68-70-72-74-76-78-80-87(90)94-84-86(85-96-98(92,93)95-83-82-89(3,4)5)97-88(91)81-79-77-75-73-71-69-67-65-63-61-59-57-55-53-51-49-47-45-43-41-39-37-35-33-31-29-27-25-23-21-19-17-15-13-11-9-7-2/h8-11,14-17,20-23,26-29,32-35,38-41,45,47,86H,6-7,12-13,18-19,24-25,30-31,36-37,42-44,46,48-85H2,1-5H3/p+1/b10-8-,11-9-,16-14-,17-15-,22-20-,23-21-,28-26-,29-27-,34-32-,35-33-,40-38-,41-39-,47-45-. The first-order valence-electron chi connectivity index (χ1n) is 40.2. The van der Waals surface area contributed by atoms with Crippen LogP contribution < -0.4 is 0 Å². The van der Waals surface area contributed by atoms with Crippen LogP contribution in [0.3, 0.4) is 0 Å². The maximum Gasteiger partial charge on any atom is 0.472 e. The van der Waals surface area contributed by atoms with Crippen molar-refractivity contribution in [3.8, 4) is 0 Å². The van der Waals surface area contributed by atoms with Crippen LogP contribution in [0.4, 0.5) is 0 Å². The van der Waals surface area contributed by atoms with Gasteiger partial charge in [0.15, 0.2) is 6.10 Å². The molecule has 9 nitrogen and oxygen atoms in total. The summed E-state index contributed by atoms with van der Waals surface area (Å²) in [5, 5.41) is 0. The van der Waals surface area contributed by atoms with Crippen LogP contribution in [0.2, 0.25) is 0 Å². The number of carbonyl (C=O) groups is 2. The molecule has 0 aromatic carbocycles. The number of hydrogen-bond donors (Lipinski definition) is 1. The van der Waals surface area contributed by atoms with Gasteiger partial charge >= 0.3 is 19.8 Å². The molecule has 98 heavy (non-hydrogen) atoms. The molecule has 0 amide bonds. The Morgan fingerprint density at radius 1 is 0.316 bits per heavy atom. The van der Waals surface area contributed by atoms with E-state index in [2.05, 4.69) is 172 Å². The van der Waals surface area contributed by atoms with Gasteiger partial charge in [0.1, 0.15) is 19.8 Å². The fourth-order valence-corrected chi connectivity index (χ4v) is 11.7. The third kappa shape index (κ3) is 80.6. The van der Waals surface area contributed by atoms with Crippen molar-refractivity contribution in [1.82, 2.24) is 0 Å². The molecule has 0 aliphatic carbocycles. The summed E-state index contributed by atoms with van der Waals surface area (Å²) in [6, 6.07) is 0. The average Bonchev–Trinajstić information content (AvgIpc) is 1.08. The summed E-state index contributed by atoms with van der Waals surface area (Å²) >= 11 is 0. The fraction of sp³-hybridized carbons (Fsp3) is 0.682. The fourth-order valence-electron chi connectivity index (χ4n) is 11.0. The number of carbonyl (C=O) groups excluding carboxylic acids is 2. The van der Waals surface area contributed by atoms with Gasteiger partial charge in [-0.3, -0.25) is 18.6 Å². The van der Waals surface area contributed by atoms with E-state index in [1.54, 1.807) is 0 Å². The Hall–Kier alpha value is -4.37. The number of ether oxygens (including phenoxy) is 2. The maximum atomic E-state index is 12.9. The van der Waals surface area contributed by atoms with Crippen molar-refractivity contribution in [1.29, 1.82) is 0 Å². The van der Waals surface area contributed by atoms with Crippen LogP contribution in [-0.4, -0.2) is 74.9 Å². The molecule has 0 spiro atoms. The minimum absolute atomic E-state index is 0.0275. The van der Waals surface area contributed by atoms with E-state index in [1.807, 2.05) is 21.1 Å². The van der Waals surface area contributed by atoms with E-state index >= 15 is 0 Å². The van der Waals surface area contributed by atoms with Crippen LogP contribution >= 0.6 is 7.82 Å². The number of quaternary nitrogens is 1. The Kier molecular flexibility index (Phi) is 73.4. The molecule has 0 saturated carbocycles. The summed E-state index contributed by atoms with van der Waals surface area (Å²) in [6.45, 7) is 4.23. The number of esters is 2. The van der Waals surface area contributed by atoms with Gasteiger partial charge in [-0.2, -0.15) is 0 Å². The highest BCUT2D eigenvalue weighted by Gasteiger charge is 2.27. The predicted octanol–water partition coefficient (Wildman–Crippen LogP) is 27.1. The van der Waals surface area contributed by atoms with Crippen LogP contribution in [0, 0.1) is 0 Å². The first kappa shape index (κ1) is 93.6. The number of unbranched alkanes of at least 4 members (excludes halogenated alkanes) is 33. The molecule has 1 N–H and O–H groups in total. The smallest absolute Gasteiger partial charge is 0.462 e. The normalized spacial score (nSPS) is 13.9. The van der Waals surface area contributed by atoms with E-state index in [9.17, 15) is 19.0 Å². The lowest BCUT2D eigenvalue weighted by Gasteiger charge is -2.24. The topological polar surface area (TPSA) is 108 Å². The molecule has 0 fully saturated rings. The molecule has 10 heteroatoms. The second-order valence-electron chi connectivity index (χ2n) is 27.7. The Balaban J connectivity index is 3.99. The number of phosphoric acid groups is 1. The number of nitrogens with zero attached hydrogens (tertiary/aromatic N) is 1. The molecule has 0 radical (unpaired) electrons. The molecule has 0 aromatic heterocycles. The Bertz CT molecular complexity index is 2220. The van der Waals surface area contributed by atoms with Crippen LogP contribution in [0.5, 0.6) is 0 Å². The Morgan fingerprint density at radius 2 is 0.551 bits per heavy atom. The van der Waals surface area contributed by atoms with E-state index in [-0.39, 0.29) is 32.0 Å². The second-order valence-corrected chi connectivity index (χ2v) is 29.1. The van der Waals surface area contributed by atoms with Crippen LogP contribution in [0.1, 0.15) is 335 Å². The zero-order valence-electron chi connectivity index (χ0n) is 64.0. The van der Waals surface area contributed by atoms with Gasteiger partial charge in [-0.15, -0.1) is 0 Å². The molecule has 0 heterocycles. The van der Waals surface area contributed by atoms with Crippen molar-refractivity contribution in [3.05, 3.63) is 158 Å². The van der Waals surface area contributed by atoms with Gasteiger partial charge in [-0.05, 0) is 122 Å². The summed E-state index contributed by atoms with van der Waals surface area (Å²) in [7, 11) is 1.48. The molecule has 0 aromatic rings. The van der Waals surface area contributed by atoms with Gasteiger partial charge in [0.25, 0.3) is 0 Å². The van der Waals surface area contributed by atoms with E-state index in [4.69, 9.17) is 18.5 Å². The first-order valence-corrected chi connectivity index (χ1v) is 41.7. The van der Waals surface area contributed by atoms with Gasteiger partial charge in [0.2, 0.25) is 0 Å². The number of rotatable bonds is 73. The number of phosphoric ester groups is 1. The predicted molar refractivity (Wildman–Crippen MR) is 426 cm³/mol. The Morgan fingerprint density at radius 3 is 0.816 bits per heavy atom. The third-order valence-electron chi connectivity index (χ3n) is 17.1. The molecule has 2 unspecified atom stereocenters. The van der Waals surface area contributed by atoms with Crippen molar-refractivity contribution in [2.75, 3.05) is 47.5 Å². The monoisotopic (exact) mass is 1380 g/mol. The molecule has 0 bridgehead atoms. The summed E-state index contributed by atoms with van der Waals surface area (Å²) in [5.74, 6) is -0.791. The molecule has 0 aliphatic heterocycles. The zero-order chi connectivity index (χ0) is 71.1. The van der Waals surface area contributed by atoms with Gasteiger partial charge in [0.05, 0.1) is 27.7 Å². The molecule has 0 saturated heterocycles. The van der Waals surface area contributed by atoms with E-state index in [0.717, 1.165) is 122 Å². The summed E-state index contributed by atoms with van der Waals surface area (Å²) in [4.78, 5) is 36.0. The van der Waals surface area contributed by atoms with E-state index < -0.39 is 26.5 Å². The van der Waals surface area contributed by atoms with Crippen LogP contribution in [0.25, 0.3) is 0 Å². The lowest BCUT2D eigenvalue weighted by atomic mass is 10.0. The van der Waals surface area contributed by atoms with Crippen molar-refractivity contribution >= 4 is 19.8 Å². The minimum Gasteiger partial charge on any atom is -0.462 e. The van der Waals surface area contributed by atoms with E-state index in [1.165, 1.54) is 180 Å². The highest BCUT2D eigenvalue weighted by atomic mass is 31.2. The minimum atomic E-state index is -4.40. The average molecular weight is 1380 g/mol. The largest absolute Gasteiger partial charge is 0.472 e. The van der Waals surface area contributed by atoms with E-state index in [0.29, 0.717) is 17.4 Å². The number of allylic oxidation sites excluding steroid dienone is 26. The second kappa shape index (κ2) is 76.8. The van der Waals surface area contributed by atoms with Crippen LogP contribution in [-0.2, 0) is 32.7 Å². The van der Waals surface area contributed by atoms with Gasteiger partial charge < -0.3 is 18.9 Å². The lowest BCUT2D eigenvalue weighted by molar-refractivity contribution is -0.870. The summed E-state index contributed by atoms with van der Waals surface area (Å²) < 4.78 is 34.8. The number of hydrogen-bond acceptors (Lipinski definition) is 7. The van der Waals surface area contributed by atoms with Gasteiger partial charge in [-0.1, -0.05) is 358 Å². The number of likely N-dealkylation sites (N-methyl/N-ethyl adjacent to an activating group) is 1. The van der Waals surface area contributed by atoms with Crippen molar-refractivity contribution < 1.29 is 42.1 Å². The Labute approximate surface area is 605 Å². The molecule has 560 valence electrons. The van der Waals surface area contributed by atoms with Gasteiger partial charge in [0, 0.05) is 12.8 Å². The van der Waals surface area contributed by atoms with Crippen LogP contribution in [0.15, 0.2) is 158 Å². The summed E-state index contributed by atoms with van der Waals surface area (Å²) in [6.07, 6.45) is 115. The molecule has 0 aliphatic rings. The van der Waals surface area contributed by atoms with Crippen molar-refractivity contribution in [2.24, 2.45) is 0 Å². The lowest BCUT2D eigenvalue weighted by Crippen LogP contribution is -2.37. The first-order chi connectivity index (χ1) is 48.0. The highest BCUT2D eigenvalue weighted by Crippen LogP contribution is 2.43. The maximum absolute atomic E-state index is 12.9. The highest BCUT2D eigenvalue weighted by molar-refractivity contribution is 7.47. The molecule has 2 atom stereocenters. The van der Waals surface area contributed by atoms with Crippen molar-refractivity contribution in [3.63, 3.8) is 0 Å².